The Labute approximate surface area is 313 Å². The van der Waals surface area contributed by atoms with E-state index in [9.17, 15) is 9.90 Å². The number of aromatic nitrogens is 1. The van der Waals surface area contributed by atoms with Crippen LogP contribution in [0, 0.1) is 17.9 Å². The summed E-state index contributed by atoms with van der Waals surface area (Å²) in [6.45, 7) is 17.2. The molecule has 1 N–H and O–H groups in total. The predicted octanol–water partition coefficient (Wildman–Crippen LogP) is 12.7. The molecule has 0 atom stereocenters. The van der Waals surface area contributed by atoms with E-state index in [-0.39, 0.29) is 48.9 Å². The number of hydrogen-bond acceptors (Lipinski definition) is 3. The molecule has 1 aromatic heterocycles. The number of ketones is 1. The Kier molecular flexibility index (Phi) is 13.2. The molecule has 0 saturated heterocycles. The molecule has 263 valence electrons. The van der Waals surface area contributed by atoms with Crippen LogP contribution in [-0.4, -0.2) is 15.9 Å². The van der Waals surface area contributed by atoms with E-state index in [0.717, 1.165) is 47.8 Å². The van der Waals surface area contributed by atoms with Crippen LogP contribution < -0.4 is 0 Å². The summed E-state index contributed by atoms with van der Waals surface area (Å²) in [6, 6.07) is 36.4. The number of carbonyl (C=O) groups excluding carboxylic acids is 1. The number of nitrogens with zero attached hydrogens (tertiary/aromatic N) is 1. The maximum absolute atomic E-state index is 11.7. The van der Waals surface area contributed by atoms with Gasteiger partial charge in [-0.1, -0.05) is 139 Å². The standard InChI is InChI=1S/C33H28N.C13H24O2.Ir/c1-21(2)22-9-11-23(12-10-22)25-14-13-24-16-18-31(34-32(24)20-25)26-15-17-28-27-7-5-6-8-29(27)33(3,4)30(28)19-26;1-5-10(6-2)12(14)9-13(15)11(7-3)8-4;/h5-14,16-21H,1-4H3;9-11,14H,5-8H2,1-4H3;/q-1;;/b;12-9-;. The van der Waals surface area contributed by atoms with Crippen LogP contribution in [0.4, 0.5) is 0 Å². The SMILES string of the molecule is CC(C)c1ccc(-c2ccc3ccc(-c4[c-]cc5c(c4)C(C)(C)c4ccccc4-5)nc3c2)cc1.CCC(CC)C(=O)/C=C(\O)C(CC)CC.[Ir]. The first kappa shape index (κ1) is 38.9. The first-order chi connectivity index (χ1) is 23.5. The molecule has 0 amide bonds. The quantitative estimate of drug-likeness (QED) is 0.0866. The smallest absolute Gasteiger partial charge is 0.162 e. The average molecular weight is 843 g/mol. The Morgan fingerprint density at radius 3 is 2.04 bits per heavy atom. The minimum atomic E-state index is -0.0258. The van der Waals surface area contributed by atoms with Crippen LogP contribution in [0.3, 0.4) is 0 Å². The first-order valence-corrected chi connectivity index (χ1v) is 18.1. The summed E-state index contributed by atoms with van der Waals surface area (Å²) in [5.74, 6) is 1.09. The van der Waals surface area contributed by atoms with Crippen molar-refractivity contribution in [3.8, 4) is 33.5 Å². The number of pyridine rings is 1. The summed E-state index contributed by atoms with van der Waals surface area (Å²) in [5, 5.41) is 10.9. The molecule has 50 heavy (non-hydrogen) atoms. The van der Waals surface area contributed by atoms with Gasteiger partial charge in [0.05, 0.1) is 11.3 Å². The minimum absolute atomic E-state index is 0. The molecule has 3 nitrogen and oxygen atoms in total. The molecule has 4 heteroatoms. The second-order valence-corrected chi connectivity index (χ2v) is 14.2. The summed E-state index contributed by atoms with van der Waals surface area (Å²) in [4.78, 5) is 16.8. The maximum atomic E-state index is 11.7. The van der Waals surface area contributed by atoms with Gasteiger partial charge < -0.3 is 5.11 Å². The number of hydrogen-bond donors (Lipinski definition) is 1. The van der Waals surface area contributed by atoms with E-state index in [1.165, 1.54) is 45.0 Å². The van der Waals surface area contributed by atoms with Crippen LogP contribution in [0.25, 0.3) is 44.4 Å². The Balaban J connectivity index is 0.000000301. The van der Waals surface area contributed by atoms with Crippen molar-refractivity contribution < 1.29 is 30.0 Å². The molecular formula is C46H52IrNO2-. The van der Waals surface area contributed by atoms with Gasteiger partial charge >= 0.3 is 0 Å². The molecule has 0 fully saturated rings. The van der Waals surface area contributed by atoms with E-state index in [1.807, 2.05) is 27.7 Å². The van der Waals surface area contributed by atoms with Crippen LogP contribution in [0.1, 0.15) is 104 Å². The normalized spacial score (nSPS) is 13.1. The van der Waals surface area contributed by atoms with E-state index in [0.29, 0.717) is 5.92 Å². The molecule has 6 rings (SSSR count). The van der Waals surface area contributed by atoms with Crippen molar-refractivity contribution in [1.29, 1.82) is 0 Å². The summed E-state index contributed by atoms with van der Waals surface area (Å²) in [5.41, 5.74) is 12.1. The van der Waals surface area contributed by atoms with Crippen molar-refractivity contribution in [2.24, 2.45) is 11.8 Å². The summed E-state index contributed by atoms with van der Waals surface area (Å²) < 4.78 is 0. The molecule has 1 aliphatic rings. The molecule has 0 spiro atoms. The average Bonchev–Trinajstić information content (AvgIpc) is 3.34. The van der Waals surface area contributed by atoms with Gasteiger partial charge in [0.2, 0.25) is 0 Å². The molecule has 1 radical (unpaired) electrons. The van der Waals surface area contributed by atoms with Gasteiger partial charge in [-0.3, -0.25) is 9.78 Å². The van der Waals surface area contributed by atoms with Crippen LogP contribution in [-0.2, 0) is 30.3 Å². The van der Waals surface area contributed by atoms with Crippen LogP contribution in [0.15, 0.2) is 103 Å². The maximum Gasteiger partial charge on any atom is 0.162 e. The zero-order chi connectivity index (χ0) is 35.3. The van der Waals surface area contributed by atoms with E-state index in [1.54, 1.807) is 0 Å². The zero-order valence-corrected chi connectivity index (χ0v) is 33.3. The second kappa shape index (κ2) is 16.9. The van der Waals surface area contributed by atoms with Crippen LogP contribution >= 0.6 is 0 Å². The van der Waals surface area contributed by atoms with Gasteiger partial charge in [0.15, 0.2) is 5.78 Å². The van der Waals surface area contributed by atoms with Gasteiger partial charge in [0.25, 0.3) is 0 Å². The monoisotopic (exact) mass is 843 g/mol. The number of aliphatic hydroxyl groups is 1. The van der Waals surface area contributed by atoms with E-state index < -0.39 is 0 Å². The van der Waals surface area contributed by atoms with Crippen molar-refractivity contribution in [1.82, 2.24) is 4.98 Å². The molecule has 5 aromatic rings. The predicted molar refractivity (Wildman–Crippen MR) is 207 cm³/mol. The van der Waals surface area contributed by atoms with Gasteiger partial charge in [0.1, 0.15) is 0 Å². The van der Waals surface area contributed by atoms with Gasteiger partial charge in [0, 0.05) is 38.0 Å². The Bertz CT molecular complexity index is 1950. The number of fused-ring (bicyclic) bond motifs is 4. The number of allylic oxidation sites excluding steroid dienone is 2. The number of rotatable bonds is 10. The summed E-state index contributed by atoms with van der Waals surface area (Å²) in [6.07, 6.45) is 4.91. The fourth-order valence-electron chi connectivity index (χ4n) is 7.07. The van der Waals surface area contributed by atoms with E-state index >= 15 is 0 Å². The van der Waals surface area contributed by atoms with Gasteiger partial charge in [-0.25, -0.2) is 0 Å². The first-order valence-electron chi connectivity index (χ1n) is 18.1. The Morgan fingerprint density at radius 2 is 1.40 bits per heavy atom. The second-order valence-electron chi connectivity index (χ2n) is 14.2. The van der Waals surface area contributed by atoms with Crippen LogP contribution in [0.5, 0.6) is 0 Å². The third-order valence-electron chi connectivity index (χ3n) is 10.5. The molecule has 0 aliphatic heterocycles. The molecular weight excluding hydrogens is 791 g/mol. The fraction of sp³-hybridized carbons (Fsp3) is 0.348. The van der Waals surface area contributed by atoms with Crippen LogP contribution in [0.2, 0.25) is 0 Å². The molecule has 4 aromatic carbocycles. The number of carbonyl (C=O) groups is 1. The van der Waals surface area contributed by atoms with Crippen molar-refractivity contribution in [2.75, 3.05) is 0 Å². The summed E-state index contributed by atoms with van der Waals surface area (Å²) in [7, 11) is 0. The molecule has 0 bridgehead atoms. The largest absolute Gasteiger partial charge is 0.512 e. The topological polar surface area (TPSA) is 50.2 Å². The third-order valence-corrected chi connectivity index (χ3v) is 10.5. The van der Waals surface area contributed by atoms with Crippen molar-refractivity contribution >= 4 is 16.7 Å². The summed E-state index contributed by atoms with van der Waals surface area (Å²) >= 11 is 0. The van der Waals surface area contributed by atoms with E-state index in [4.69, 9.17) is 4.98 Å². The van der Waals surface area contributed by atoms with Gasteiger partial charge in [-0.05, 0) is 76.4 Å². The zero-order valence-electron chi connectivity index (χ0n) is 30.9. The van der Waals surface area contributed by atoms with Crippen molar-refractivity contribution in [2.45, 2.75) is 92.4 Å². The van der Waals surface area contributed by atoms with Crippen molar-refractivity contribution in [3.63, 3.8) is 0 Å². The molecule has 1 heterocycles. The number of benzene rings is 4. The van der Waals surface area contributed by atoms with E-state index in [2.05, 4.69) is 125 Å². The van der Waals surface area contributed by atoms with Crippen molar-refractivity contribution in [3.05, 3.63) is 126 Å². The molecule has 0 unspecified atom stereocenters. The Morgan fingerprint density at radius 1 is 0.780 bits per heavy atom. The molecule has 1 aliphatic carbocycles. The molecule has 0 saturated carbocycles. The Hall–Kier alpha value is -3.85. The van der Waals surface area contributed by atoms with Gasteiger partial charge in [-0.15, -0.1) is 29.3 Å². The number of aliphatic hydroxyl groups excluding tert-OH is 1. The van der Waals surface area contributed by atoms with Gasteiger partial charge in [-0.2, -0.15) is 0 Å². The fourth-order valence-corrected chi connectivity index (χ4v) is 7.07. The third kappa shape index (κ3) is 8.20. The minimum Gasteiger partial charge on any atom is -0.512 e.